The molecule has 17 heteroatoms. The Hall–Kier alpha value is -3.57. The summed E-state index contributed by atoms with van der Waals surface area (Å²) in [5.74, 6) is -6.16. The van der Waals surface area contributed by atoms with Gasteiger partial charge in [-0.2, -0.15) is 13.2 Å². The molecular formula is C29H38F5N7O5. The summed E-state index contributed by atoms with van der Waals surface area (Å²) in [6.07, 6.45) is -2.22. The van der Waals surface area contributed by atoms with E-state index in [0.717, 1.165) is 63.3 Å². The first kappa shape index (κ1) is 33.8. The third-order valence-electron chi connectivity index (χ3n) is 9.42. The van der Waals surface area contributed by atoms with Crippen LogP contribution in [0.25, 0.3) is 11.0 Å². The third-order valence-corrected chi connectivity index (χ3v) is 9.42. The lowest BCUT2D eigenvalue weighted by molar-refractivity contribution is -0.192. The highest BCUT2D eigenvalue weighted by atomic mass is 19.4. The van der Waals surface area contributed by atoms with Crippen LogP contribution in [0, 0.1) is 0 Å². The highest BCUT2D eigenvalue weighted by molar-refractivity contribution is 6.00. The van der Waals surface area contributed by atoms with Crippen LogP contribution >= 0.6 is 0 Å². The number of alkyl halides is 5. The zero-order chi connectivity index (χ0) is 33.4. The van der Waals surface area contributed by atoms with Crippen LogP contribution in [-0.2, 0) is 21.4 Å². The van der Waals surface area contributed by atoms with Crippen molar-refractivity contribution >= 4 is 34.5 Å². The fourth-order valence-corrected chi connectivity index (χ4v) is 6.96. The van der Waals surface area contributed by atoms with E-state index in [1.807, 2.05) is 23.1 Å². The summed E-state index contributed by atoms with van der Waals surface area (Å²) in [7, 11) is 1.71. The SMILES string of the molecule is Cn1c(=O)n(C2CCC(=O)NC2=O)c2ccc(N3CCN(C4CCN(C5CCNCC5(F)F)CC4)CC3)cc21.O=C(O)C(F)(F)F. The first-order valence-corrected chi connectivity index (χ1v) is 15.3. The van der Waals surface area contributed by atoms with Crippen LogP contribution < -0.4 is 21.2 Å². The number of aromatic nitrogens is 2. The number of anilines is 1. The number of piperidine rings is 3. The fourth-order valence-electron chi connectivity index (χ4n) is 6.96. The van der Waals surface area contributed by atoms with Crippen LogP contribution in [0.3, 0.4) is 0 Å². The number of aryl methyl sites for hydroxylation is 1. The molecule has 1 aromatic heterocycles. The van der Waals surface area contributed by atoms with Gasteiger partial charge < -0.3 is 15.3 Å². The number of imidazole rings is 1. The number of carbonyl (C=O) groups excluding carboxylic acids is 2. The molecule has 5 heterocycles. The number of piperazine rings is 1. The van der Waals surface area contributed by atoms with Gasteiger partial charge in [-0.25, -0.2) is 18.4 Å². The minimum Gasteiger partial charge on any atom is -0.475 e. The van der Waals surface area contributed by atoms with Crippen LogP contribution in [0.15, 0.2) is 23.0 Å². The highest BCUT2D eigenvalue weighted by Gasteiger charge is 2.46. The molecule has 0 saturated carbocycles. The Morgan fingerprint density at radius 3 is 2.17 bits per heavy atom. The lowest BCUT2D eigenvalue weighted by atomic mass is 9.95. The second kappa shape index (κ2) is 13.3. The Bertz CT molecular complexity index is 1510. The summed E-state index contributed by atoms with van der Waals surface area (Å²) in [5, 5.41) is 12.3. The lowest BCUT2D eigenvalue weighted by Crippen LogP contribution is -2.60. The number of amides is 2. The van der Waals surface area contributed by atoms with Gasteiger partial charge in [0.1, 0.15) is 6.04 Å². The molecule has 4 saturated heterocycles. The number of benzene rings is 1. The molecule has 4 fully saturated rings. The van der Waals surface area contributed by atoms with Gasteiger partial charge in [-0.1, -0.05) is 0 Å². The van der Waals surface area contributed by atoms with Crippen LogP contribution in [0.1, 0.15) is 38.1 Å². The number of carbonyl (C=O) groups is 3. The maximum Gasteiger partial charge on any atom is 0.490 e. The summed E-state index contributed by atoms with van der Waals surface area (Å²) in [6, 6.07) is 4.98. The average Bonchev–Trinajstić information content (AvgIpc) is 3.26. The molecule has 1 aromatic carbocycles. The summed E-state index contributed by atoms with van der Waals surface area (Å²) < 4.78 is 63.6. The molecule has 254 valence electrons. The highest BCUT2D eigenvalue weighted by Crippen LogP contribution is 2.32. The van der Waals surface area contributed by atoms with Crippen LogP contribution in [0.5, 0.6) is 0 Å². The fraction of sp³-hybridized carbons (Fsp3) is 0.655. The second-order valence-corrected chi connectivity index (χ2v) is 12.2. The standard InChI is InChI=1S/C27H37F2N7O3.C2HF3O2/c1-32-22-16-19(2-3-20(22)36(26(32)39)21-4-5-24(37)31-25(21)38)34-14-12-33(13-15-34)18-7-10-35(11-8-18)23-6-9-30-17-27(23,28)29;3-2(4,5)1(6)7/h2-3,16,18,21,23,30H,4-15,17H2,1H3,(H,31,37,38);(H,6,7). The maximum absolute atomic E-state index is 14.4. The Balaban J connectivity index is 0.000000537. The summed E-state index contributed by atoms with van der Waals surface area (Å²) in [4.78, 5) is 52.8. The Labute approximate surface area is 261 Å². The number of likely N-dealkylation sites (tertiary alicyclic amines) is 1. The molecule has 3 N–H and O–H groups in total. The number of aliphatic carboxylic acids is 1. The zero-order valence-electron chi connectivity index (χ0n) is 25.4. The predicted octanol–water partition coefficient (Wildman–Crippen LogP) is 1.53. The number of fused-ring (bicyclic) bond motifs is 1. The molecule has 0 radical (unpaired) electrons. The van der Waals surface area contributed by atoms with Gasteiger partial charge in [0.25, 0.3) is 5.92 Å². The smallest absolute Gasteiger partial charge is 0.475 e. The van der Waals surface area contributed by atoms with E-state index in [1.165, 1.54) is 4.57 Å². The van der Waals surface area contributed by atoms with E-state index in [4.69, 9.17) is 9.90 Å². The van der Waals surface area contributed by atoms with Gasteiger partial charge in [0.15, 0.2) is 0 Å². The minimum atomic E-state index is -5.08. The number of carboxylic acids is 1. The molecular weight excluding hydrogens is 621 g/mol. The van der Waals surface area contributed by atoms with Gasteiger partial charge in [-0.05, 0) is 50.4 Å². The van der Waals surface area contributed by atoms with Crippen LogP contribution in [0.2, 0.25) is 0 Å². The molecule has 46 heavy (non-hydrogen) atoms. The van der Waals surface area contributed by atoms with E-state index in [0.29, 0.717) is 30.9 Å². The number of nitrogens with zero attached hydrogens (tertiary/aromatic N) is 5. The molecule has 2 atom stereocenters. The number of imide groups is 1. The second-order valence-electron chi connectivity index (χ2n) is 12.2. The number of hydrogen-bond donors (Lipinski definition) is 3. The molecule has 6 rings (SSSR count). The summed E-state index contributed by atoms with van der Waals surface area (Å²) in [6.45, 7) is 5.38. The van der Waals surface area contributed by atoms with Crippen molar-refractivity contribution in [1.82, 2.24) is 29.6 Å². The molecule has 12 nitrogen and oxygen atoms in total. The molecule has 2 aromatic rings. The number of hydrogen-bond acceptors (Lipinski definition) is 8. The normalized spacial score (nSPS) is 25.2. The molecule has 0 bridgehead atoms. The van der Waals surface area contributed by atoms with E-state index >= 15 is 0 Å². The van der Waals surface area contributed by atoms with Crippen LogP contribution in [0.4, 0.5) is 27.6 Å². The minimum absolute atomic E-state index is 0.213. The van der Waals surface area contributed by atoms with Gasteiger partial charge in [0, 0.05) is 64.5 Å². The third kappa shape index (κ3) is 7.05. The van der Waals surface area contributed by atoms with Crippen molar-refractivity contribution in [2.75, 3.05) is 57.3 Å². The zero-order valence-corrected chi connectivity index (χ0v) is 25.4. The lowest BCUT2D eigenvalue weighted by Gasteiger charge is -2.46. The van der Waals surface area contributed by atoms with E-state index in [2.05, 4.69) is 20.4 Å². The first-order valence-electron chi connectivity index (χ1n) is 15.3. The van der Waals surface area contributed by atoms with Crippen molar-refractivity contribution in [3.8, 4) is 0 Å². The van der Waals surface area contributed by atoms with E-state index in [1.54, 1.807) is 11.6 Å². The maximum atomic E-state index is 14.4. The number of halogens is 5. The van der Waals surface area contributed by atoms with Gasteiger partial charge >= 0.3 is 17.8 Å². The molecule has 2 amide bonds. The first-order chi connectivity index (χ1) is 21.7. The number of rotatable bonds is 4. The molecule has 0 spiro atoms. The molecule has 4 aliphatic heterocycles. The average molecular weight is 660 g/mol. The molecule has 4 aliphatic rings. The Morgan fingerprint density at radius 2 is 1.59 bits per heavy atom. The van der Waals surface area contributed by atoms with E-state index < -0.39 is 36.1 Å². The van der Waals surface area contributed by atoms with Crippen molar-refractivity contribution in [2.45, 2.75) is 62.3 Å². The summed E-state index contributed by atoms with van der Waals surface area (Å²) in [5.41, 5.74) is 2.20. The quantitative estimate of drug-likeness (QED) is 0.331. The number of nitrogens with one attached hydrogen (secondary N) is 2. The van der Waals surface area contributed by atoms with Gasteiger partial charge in [-0.15, -0.1) is 0 Å². The predicted molar refractivity (Wildman–Crippen MR) is 157 cm³/mol. The molecule has 2 unspecified atom stereocenters. The Morgan fingerprint density at radius 1 is 0.935 bits per heavy atom. The molecule has 0 aliphatic carbocycles. The summed E-state index contributed by atoms with van der Waals surface area (Å²) >= 11 is 0. The monoisotopic (exact) mass is 659 g/mol. The van der Waals surface area contributed by atoms with E-state index in [-0.39, 0.29) is 24.6 Å². The van der Waals surface area contributed by atoms with Gasteiger partial charge in [0.2, 0.25) is 11.8 Å². The van der Waals surface area contributed by atoms with Crippen LogP contribution in [-0.4, -0.2) is 118 Å². The van der Waals surface area contributed by atoms with Gasteiger partial charge in [-0.3, -0.25) is 33.8 Å². The van der Waals surface area contributed by atoms with Crippen molar-refractivity contribution in [2.24, 2.45) is 7.05 Å². The van der Waals surface area contributed by atoms with Crippen molar-refractivity contribution < 1.29 is 41.4 Å². The van der Waals surface area contributed by atoms with Crippen molar-refractivity contribution in [3.63, 3.8) is 0 Å². The largest absolute Gasteiger partial charge is 0.490 e. The topological polar surface area (TPSA) is 132 Å². The van der Waals surface area contributed by atoms with Crippen molar-refractivity contribution in [3.05, 3.63) is 28.7 Å². The van der Waals surface area contributed by atoms with E-state index in [9.17, 15) is 36.3 Å². The van der Waals surface area contributed by atoms with Crippen molar-refractivity contribution in [1.29, 1.82) is 0 Å². The van der Waals surface area contributed by atoms with Gasteiger partial charge in [0.05, 0.1) is 23.6 Å². The number of carboxylic acid groups (broad SMARTS) is 1. The Kier molecular flexibility index (Phi) is 9.75.